The second-order valence-corrected chi connectivity index (χ2v) is 5.74. The number of hydrogen-bond donors (Lipinski definition) is 3. The molecule has 1 rings (SSSR count). The Bertz CT molecular complexity index is 470. The molecule has 0 unspecified atom stereocenters. The van der Waals surface area contributed by atoms with Crippen LogP contribution in [0.2, 0.25) is 0 Å². The van der Waals surface area contributed by atoms with Gasteiger partial charge in [-0.05, 0) is 23.8 Å². The van der Waals surface area contributed by atoms with Crippen LogP contribution in [0, 0.1) is 0 Å². The molecule has 1 aromatic carbocycles. The van der Waals surface area contributed by atoms with E-state index in [0.717, 1.165) is 5.75 Å². The number of hydrogen-bond acceptors (Lipinski definition) is 3. The number of urea groups is 1. The van der Waals surface area contributed by atoms with Crippen molar-refractivity contribution in [1.29, 1.82) is 0 Å². The van der Waals surface area contributed by atoms with E-state index >= 15 is 0 Å². The number of halogens is 3. The van der Waals surface area contributed by atoms with Crippen molar-refractivity contribution in [1.82, 2.24) is 5.32 Å². The topological polar surface area (TPSA) is 61.4 Å². The third kappa shape index (κ3) is 8.14. The van der Waals surface area contributed by atoms with E-state index in [1.165, 1.54) is 18.2 Å². The lowest BCUT2D eigenvalue weighted by Crippen LogP contribution is -2.31. The highest BCUT2D eigenvalue weighted by Crippen LogP contribution is 2.25. The molecule has 0 bridgehead atoms. The highest BCUT2D eigenvalue weighted by atomic mass is 32.2. The number of aliphatic hydroxyl groups excluding tert-OH is 1. The van der Waals surface area contributed by atoms with Crippen molar-refractivity contribution < 1.29 is 23.1 Å². The number of aliphatic hydroxyl groups is 1. The summed E-state index contributed by atoms with van der Waals surface area (Å²) in [6, 6.07) is 5.32. The SMILES string of the molecule is O=C(NCCSCCCO)Nc1ccccc1CC(F)(F)F. The summed E-state index contributed by atoms with van der Waals surface area (Å²) in [6.45, 7) is 0.542. The zero-order valence-corrected chi connectivity index (χ0v) is 12.8. The maximum Gasteiger partial charge on any atom is 0.393 e. The molecule has 2 amide bonds. The first-order valence-electron chi connectivity index (χ1n) is 6.80. The first kappa shape index (κ1) is 18.6. The highest BCUT2D eigenvalue weighted by Gasteiger charge is 2.28. The molecule has 0 atom stereocenters. The van der Waals surface area contributed by atoms with E-state index in [4.69, 9.17) is 5.11 Å². The first-order valence-corrected chi connectivity index (χ1v) is 7.96. The summed E-state index contributed by atoms with van der Waals surface area (Å²) >= 11 is 1.59. The summed E-state index contributed by atoms with van der Waals surface area (Å²) in [5, 5.41) is 13.6. The van der Waals surface area contributed by atoms with Gasteiger partial charge in [0.1, 0.15) is 0 Å². The van der Waals surface area contributed by atoms with Crippen LogP contribution in [0.1, 0.15) is 12.0 Å². The Hall–Kier alpha value is -1.41. The molecule has 0 spiro atoms. The Kier molecular flexibility index (Phi) is 8.11. The van der Waals surface area contributed by atoms with Crippen molar-refractivity contribution in [2.45, 2.75) is 19.0 Å². The maximum atomic E-state index is 12.5. The van der Waals surface area contributed by atoms with Gasteiger partial charge in [0.2, 0.25) is 0 Å². The second kappa shape index (κ2) is 9.58. The zero-order chi connectivity index (χ0) is 16.4. The van der Waals surface area contributed by atoms with Gasteiger partial charge in [0.15, 0.2) is 0 Å². The van der Waals surface area contributed by atoms with Crippen molar-refractivity contribution in [2.24, 2.45) is 0 Å². The van der Waals surface area contributed by atoms with Gasteiger partial charge in [-0.15, -0.1) is 0 Å². The number of thioether (sulfide) groups is 1. The van der Waals surface area contributed by atoms with E-state index in [1.54, 1.807) is 17.8 Å². The quantitative estimate of drug-likeness (QED) is 0.640. The smallest absolute Gasteiger partial charge is 0.393 e. The molecule has 0 aliphatic heterocycles. The van der Waals surface area contributed by atoms with Gasteiger partial charge in [0, 0.05) is 24.6 Å². The van der Waals surface area contributed by atoms with Gasteiger partial charge >= 0.3 is 12.2 Å². The molecule has 0 saturated carbocycles. The molecular formula is C14H19F3N2O2S. The normalized spacial score (nSPS) is 11.3. The van der Waals surface area contributed by atoms with Crippen molar-refractivity contribution in [3.05, 3.63) is 29.8 Å². The standard InChI is InChI=1S/C14H19F3N2O2S/c15-14(16,17)10-11-4-1-2-5-12(11)19-13(21)18-6-9-22-8-3-7-20/h1-2,4-5,20H,3,6-10H2,(H2,18,19,21). The van der Waals surface area contributed by atoms with Gasteiger partial charge < -0.3 is 15.7 Å². The summed E-state index contributed by atoms with van der Waals surface area (Å²) in [7, 11) is 0. The van der Waals surface area contributed by atoms with Crippen LogP contribution in [0.25, 0.3) is 0 Å². The average Bonchev–Trinajstić information content (AvgIpc) is 2.43. The number of alkyl halides is 3. The molecule has 0 heterocycles. The molecule has 0 aliphatic rings. The van der Waals surface area contributed by atoms with Gasteiger partial charge in [-0.2, -0.15) is 24.9 Å². The number of rotatable bonds is 8. The summed E-state index contributed by atoms with van der Waals surface area (Å²) in [4.78, 5) is 11.7. The maximum absolute atomic E-state index is 12.5. The minimum absolute atomic E-state index is 0.0301. The number of benzene rings is 1. The molecule has 124 valence electrons. The molecule has 0 radical (unpaired) electrons. The molecule has 0 saturated heterocycles. The summed E-state index contributed by atoms with van der Waals surface area (Å²) in [5.41, 5.74) is 0.188. The molecule has 22 heavy (non-hydrogen) atoms. The lowest BCUT2D eigenvalue weighted by molar-refractivity contribution is -0.127. The van der Waals surface area contributed by atoms with E-state index in [0.29, 0.717) is 18.7 Å². The van der Waals surface area contributed by atoms with Crippen LogP contribution in [0.15, 0.2) is 24.3 Å². The van der Waals surface area contributed by atoms with Crippen LogP contribution in [0.3, 0.4) is 0 Å². The Labute approximate surface area is 131 Å². The molecule has 4 nitrogen and oxygen atoms in total. The number of anilines is 1. The van der Waals surface area contributed by atoms with E-state index in [9.17, 15) is 18.0 Å². The molecule has 3 N–H and O–H groups in total. The summed E-state index contributed by atoms with van der Waals surface area (Å²) in [6.07, 6.45) is -4.71. The zero-order valence-electron chi connectivity index (χ0n) is 11.9. The summed E-state index contributed by atoms with van der Waals surface area (Å²) < 4.78 is 37.4. The Balaban J connectivity index is 2.41. The fourth-order valence-electron chi connectivity index (χ4n) is 1.68. The van der Waals surface area contributed by atoms with Crippen LogP contribution in [0.5, 0.6) is 0 Å². The number of carbonyl (C=O) groups is 1. The van der Waals surface area contributed by atoms with E-state index in [-0.39, 0.29) is 17.9 Å². The van der Waals surface area contributed by atoms with Crippen LogP contribution in [-0.2, 0) is 6.42 Å². The van der Waals surface area contributed by atoms with Crippen molar-refractivity contribution in [3.63, 3.8) is 0 Å². The Morgan fingerprint density at radius 3 is 2.64 bits per heavy atom. The van der Waals surface area contributed by atoms with Crippen LogP contribution < -0.4 is 10.6 Å². The number of amides is 2. The van der Waals surface area contributed by atoms with Crippen LogP contribution >= 0.6 is 11.8 Å². The van der Waals surface area contributed by atoms with Gasteiger partial charge in [0.05, 0.1) is 6.42 Å². The Morgan fingerprint density at radius 1 is 1.23 bits per heavy atom. The fourth-order valence-corrected chi connectivity index (χ4v) is 2.47. The number of carbonyl (C=O) groups excluding carboxylic acids is 1. The molecular weight excluding hydrogens is 317 g/mol. The molecule has 1 aromatic rings. The van der Waals surface area contributed by atoms with Gasteiger partial charge in [0.25, 0.3) is 0 Å². The van der Waals surface area contributed by atoms with Gasteiger partial charge in [-0.3, -0.25) is 0 Å². The third-order valence-electron chi connectivity index (χ3n) is 2.64. The Morgan fingerprint density at radius 2 is 1.95 bits per heavy atom. The molecule has 8 heteroatoms. The first-order chi connectivity index (χ1) is 10.4. The predicted molar refractivity (Wildman–Crippen MR) is 82.3 cm³/mol. The lowest BCUT2D eigenvalue weighted by atomic mass is 10.1. The van der Waals surface area contributed by atoms with E-state index in [2.05, 4.69) is 10.6 Å². The fraction of sp³-hybridized carbons (Fsp3) is 0.500. The van der Waals surface area contributed by atoms with Crippen LogP contribution in [-0.4, -0.2) is 42.0 Å². The van der Waals surface area contributed by atoms with Crippen molar-refractivity contribution in [2.75, 3.05) is 30.0 Å². The van der Waals surface area contributed by atoms with Gasteiger partial charge in [-0.1, -0.05) is 18.2 Å². The average molecular weight is 336 g/mol. The molecule has 0 fully saturated rings. The monoisotopic (exact) mass is 336 g/mol. The van der Waals surface area contributed by atoms with Crippen LogP contribution in [0.4, 0.5) is 23.7 Å². The minimum atomic E-state index is -4.32. The summed E-state index contributed by atoms with van der Waals surface area (Å²) in [5.74, 6) is 1.48. The number of nitrogens with one attached hydrogen (secondary N) is 2. The largest absolute Gasteiger partial charge is 0.396 e. The van der Waals surface area contributed by atoms with E-state index < -0.39 is 18.6 Å². The number of para-hydroxylation sites is 1. The minimum Gasteiger partial charge on any atom is -0.396 e. The molecule has 0 aliphatic carbocycles. The van der Waals surface area contributed by atoms with Crippen molar-refractivity contribution >= 4 is 23.5 Å². The van der Waals surface area contributed by atoms with E-state index in [1.807, 2.05) is 0 Å². The third-order valence-corrected chi connectivity index (χ3v) is 3.71. The lowest BCUT2D eigenvalue weighted by Gasteiger charge is -2.13. The molecule has 0 aromatic heterocycles. The predicted octanol–water partition coefficient (Wildman–Crippen LogP) is 3.03. The second-order valence-electron chi connectivity index (χ2n) is 4.52. The van der Waals surface area contributed by atoms with Crippen molar-refractivity contribution in [3.8, 4) is 0 Å². The highest BCUT2D eigenvalue weighted by molar-refractivity contribution is 7.99. The van der Waals surface area contributed by atoms with Gasteiger partial charge in [-0.25, -0.2) is 4.79 Å².